The summed E-state index contributed by atoms with van der Waals surface area (Å²) in [5.41, 5.74) is 0. The average molecular weight is 265 g/mol. The summed E-state index contributed by atoms with van der Waals surface area (Å²) in [4.78, 5) is 0. The standard InChI is InChI=1S/C11H21BrO2/c1-2-5-10(7-8-12)14-11-6-3-4-9-13-11/h10-11H,2-9H2,1H3/t10-,11-/m0/s1. The molecule has 0 unspecified atom stereocenters. The Morgan fingerprint density at radius 1 is 1.43 bits per heavy atom. The molecule has 1 saturated heterocycles. The molecule has 0 aliphatic carbocycles. The molecule has 1 rings (SSSR count). The van der Waals surface area contributed by atoms with E-state index in [1.807, 2.05) is 0 Å². The van der Waals surface area contributed by atoms with Crippen LogP contribution in [-0.4, -0.2) is 24.3 Å². The third-order valence-corrected chi connectivity index (χ3v) is 2.98. The SMILES string of the molecule is CCC[C@@H](CCBr)O[C@H]1CCCCO1. The van der Waals surface area contributed by atoms with Crippen LogP contribution in [0, 0.1) is 0 Å². The molecule has 0 aromatic rings. The molecule has 14 heavy (non-hydrogen) atoms. The summed E-state index contributed by atoms with van der Waals surface area (Å²) in [6.45, 7) is 3.07. The van der Waals surface area contributed by atoms with E-state index < -0.39 is 0 Å². The van der Waals surface area contributed by atoms with Crippen LogP contribution < -0.4 is 0 Å². The zero-order valence-corrected chi connectivity index (χ0v) is 10.6. The van der Waals surface area contributed by atoms with Crippen LogP contribution in [0.25, 0.3) is 0 Å². The second-order valence-electron chi connectivity index (χ2n) is 3.82. The van der Waals surface area contributed by atoms with E-state index in [0.29, 0.717) is 6.10 Å². The first-order valence-corrected chi connectivity index (χ1v) is 6.82. The molecule has 0 saturated carbocycles. The number of ether oxygens (including phenoxy) is 2. The van der Waals surface area contributed by atoms with E-state index in [-0.39, 0.29) is 6.29 Å². The van der Waals surface area contributed by atoms with Gasteiger partial charge in [0.1, 0.15) is 0 Å². The Hall–Kier alpha value is 0.400. The molecule has 0 N–H and O–H groups in total. The number of hydrogen-bond acceptors (Lipinski definition) is 2. The van der Waals surface area contributed by atoms with Gasteiger partial charge in [0.15, 0.2) is 6.29 Å². The van der Waals surface area contributed by atoms with E-state index in [0.717, 1.165) is 31.2 Å². The summed E-state index contributed by atoms with van der Waals surface area (Å²) in [6.07, 6.45) is 7.38. The molecule has 0 bridgehead atoms. The molecule has 2 atom stereocenters. The van der Waals surface area contributed by atoms with Crippen LogP contribution in [0.3, 0.4) is 0 Å². The summed E-state index contributed by atoms with van der Waals surface area (Å²) in [6, 6.07) is 0. The Balaban J connectivity index is 2.21. The minimum atomic E-state index is 0.0688. The lowest BCUT2D eigenvalue weighted by Gasteiger charge is -2.27. The monoisotopic (exact) mass is 264 g/mol. The van der Waals surface area contributed by atoms with Gasteiger partial charge in [0.25, 0.3) is 0 Å². The highest BCUT2D eigenvalue weighted by atomic mass is 79.9. The lowest BCUT2D eigenvalue weighted by Crippen LogP contribution is -2.28. The number of rotatable bonds is 6. The van der Waals surface area contributed by atoms with Crippen molar-refractivity contribution in [3.63, 3.8) is 0 Å². The maximum absolute atomic E-state index is 5.92. The summed E-state index contributed by atoms with van der Waals surface area (Å²) in [5, 5.41) is 1.02. The molecular weight excluding hydrogens is 244 g/mol. The Labute approximate surface area is 95.5 Å². The van der Waals surface area contributed by atoms with E-state index in [1.54, 1.807) is 0 Å². The van der Waals surface area contributed by atoms with Crippen LogP contribution in [0.4, 0.5) is 0 Å². The summed E-state index contributed by atoms with van der Waals surface area (Å²) < 4.78 is 11.5. The largest absolute Gasteiger partial charge is 0.353 e. The first-order valence-electron chi connectivity index (χ1n) is 5.69. The molecule has 0 aromatic heterocycles. The van der Waals surface area contributed by atoms with Crippen molar-refractivity contribution in [3.05, 3.63) is 0 Å². The smallest absolute Gasteiger partial charge is 0.157 e. The van der Waals surface area contributed by atoms with Gasteiger partial charge in [-0.3, -0.25) is 0 Å². The molecule has 3 heteroatoms. The van der Waals surface area contributed by atoms with Gasteiger partial charge in [-0.2, -0.15) is 0 Å². The third-order valence-electron chi connectivity index (χ3n) is 2.52. The minimum absolute atomic E-state index is 0.0688. The van der Waals surface area contributed by atoms with Gasteiger partial charge in [-0.25, -0.2) is 0 Å². The van der Waals surface area contributed by atoms with Gasteiger partial charge in [-0.05, 0) is 32.1 Å². The fourth-order valence-electron chi connectivity index (χ4n) is 1.76. The van der Waals surface area contributed by atoms with Gasteiger partial charge in [0, 0.05) is 11.9 Å². The number of halogens is 1. The maximum Gasteiger partial charge on any atom is 0.157 e. The minimum Gasteiger partial charge on any atom is -0.353 e. The fraction of sp³-hybridized carbons (Fsp3) is 1.00. The van der Waals surface area contributed by atoms with Gasteiger partial charge in [0.05, 0.1) is 6.10 Å². The molecule has 84 valence electrons. The molecular formula is C11H21BrO2. The van der Waals surface area contributed by atoms with Crippen molar-refractivity contribution in [1.29, 1.82) is 0 Å². The van der Waals surface area contributed by atoms with E-state index in [1.165, 1.54) is 19.3 Å². The summed E-state index contributed by atoms with van der Waals surface area (Å²) in [7, 11) is 0. The normalized spacial score (nSPS) is 24.9. The molecule has 1 aliphatic heterocycles. The zero-order chi connectivity index (χ0) is 10.2. The number of hydrogen-bond donors (Lipinski definition) is 0. The molecule has 1 heterocycles. The molecule has 1 fully saturated rings. The Kier molecular flexibility index (Phi) is 6.82. The predicted molar refractivity (Wildman–Crippen MR) is 61.8 cm³/mol. The van der Waals surface area contributed by atoms with Gasteiger partial charge >= 0.3 is 0 Å². The van der Waals surface area contributed by atoms with Crippen LogP contribution in [-0.2, 0) is 9.47 Å². The van der Waals surface area contributed by atoms with Crippen LogP contribution in [0.15, 0.2) is 0 Å². The topological polar surface area (TPSA) is 18.5 Å². The molecule has 2 nitrogen and oxygen atoms in total. The summed E-state index contributed by atoms with van der Waals surface area (Å²) >= 11 is 3.46. The average Bonchev–Trinajstić information content (AvgIpc) is 2.20. The van der Waals surface area contributed by atoms with E-state index >= 15 is 0 Å². The molecule has 0 spiro atoms. The van der Waals surface area contributed by atoms with Crippen molar-refractivity contribution in [3.8, 4) is 0 Å². The highest BCUT2D eigenvalue weighted by molar-refractivity contribution is 9.09. The molecule has 0 aromatic carbocycles. The Bertz CT molecular complexity index is 129. The maximum atomic E-state index is 5.92. The van der Waals surface area contributed by atoms with E-state index in [2.05, 4.69) is 22.9 Å². The first kappa shape index (κ1) is 12.5. The van der Waals surface area contributed by atoms with E-state index in [4.69, 9.17) is 9.47 Å². The lowest BCUT2D eigenvalue weighted by molar-refractivity contribution is -0.189. The van der Waals surface area contributed by atoms with Gasteiger partial charge in [-0.15, -0.1) is 0 Å². The highest BCUT2D eigenvalue weighted by Gasteiger charge is 2.18. The highest BCUT2D eigenvalue weighted by Crippen LogP contribution is 2.19. The molecule has 0 radical (unpaired) electrons. The fourth-order valence-corrected chi connectivity index (χ4v) is 2.27. The lowest BCUT2D eigenvalue weighted by atomic mass is 10.1. The molecule has 1 aliphatic rings. The van der Waals surface area contributed by atoms with Crippen molar-refractivity contribution < 1.29 is 9.47 Å². The Morgan fingerprint density at radius 3 is 2.86 bits per heavy atom. The number of alkyl halides is 1. The molecule has 0 amide bonds. The zero-order valence-electron chi connectivity index (χ0n) is 9.01. The second-order valence-corrected chi connectivity index (χ2v) is 4.61. The van der Waals surface area contributed by atoms with Crippen molar-refractivity contribution in [1.82, 2.24) is 0 Å². The van der Waals surface area contributed by atoms with Gasteiger partial charge in [0.2, 0.25) is 0 Å². The quantitative estimate of drug-likeness (QED) is 0.684. The second kappa shape index (κ2) is 7.66. The Morgan fingerprint density at radius 2 is 2.29 bits per heavy atom. The van der Waals surface area contributed by atoms with Crippen LogP contribution in [0.1, 0.15) is 45.4 Å². The first-order chi connectivity index (χ1) is 6.86. The van der Waals surface area contributed by atoms with E-state index in [9.17, 15) is 0 Å². The van der Waals surface area contributed by atoms with Crippen molar-refractivity contribution in [2.24, 2.45) is 0 Å². The van der Waals surface area contributed by atoms with Gasteiger partial charge in [-0.1, -0.05) is 29.3 Å². The third kappa shape index (κ3) is 4.76. The van der Waals surface area contributed by atoms with Crippen LogP contribution in [0.2, 0.25) is 0 Å². The predicted octanol–water partition coefficient (Wildman–Crippen LogP) is 3.48. The van der Waals surface area contributed by atoms with Crippen molar-refractivity contribution >= 4 is 15.9 Å². The van der Waals surface area contributed by atoms with Crippen LogP contribution in [0.5, 0.6) is 0 Å². The summed E-state index contributed by atoms with van der Waals surface area (Å²) in [5.74, 6) is 0. The van der Waals surface area contributed by atoms with Crippen LogP contribution >= 0.6 is 15.9 Å². The van der Waals surface area contributed by atoms with Crippen molar-refractivity contribution in [2.75, 3.05) is 11.9 Å². The van der Waals surface area contributed by atoms with Crippen molar-refractivity contribution in [2.45, 2.75) is 57.8 Å². The van der Waals surface area contributed by atoms with Gasteiger partial charge < -0.3 is 9.47 Å².